The zero-order valence-electron chi connectivity index (χ0n) is 19.7. The van der Waals surface area contributed by atoms with Gasteiger partial charge >= 0.3 is 0 Å². The first-order valence-electron chi connectivity index (χ1n) is 11.4. The number of rotatable bonds is 9. The molecular formula is C25H30ClN5O2S. The largest absolute Gasteiger partial charge is 0.496 e. The van der Waals surface area contributed by atoms with Crippen LogP contribution in [0.4, 0.5) is 0 Å². The number of hydrogen-bond acceptors (Lipinski definition) is 7. The molecule has 3 aromatic rings. The van der Waals surface area contributed by atoms with Crippen molar-refractivity contribution in [1.82, 2.24) is 24.6 Å². The summed E-state index contributed by atoms with van der Waals surface area (Å²) >= 11 is 1.75. The van der Waals surface area contributed by atoms with Gasteiger partial charge in [-0.3, -0.25) is 9.78 Å². The minimum absolute atomic E-state index is 0. The number of likely N-dealkylation sites (tertiary alicyclic amines) is 1. The second kappa shape index (κ2) is 10.1. The van der Waals surface area contributed by atoms with E-state index >= 15 is 0 Å². The summed E-state index contributed by atoms with van der Waals surface area (Å²) in [5.74, 6) is 3.27. The molecule has 34 heavy (non-hydrogen) atoms. The van der Waals surface area contributed by atoms with Gasteiger partial charge in [-0.25, -0.2) is 0 Å². The molecule has 1 saturated carbocycles. The van der Waals surface area contributed by atoms with Gasteiger partial charge in [0.05, 0.1) is 12.7 Å². The van der Waals surface area contributed by atoms with Crippen molar-refractivity contribution in [2.45, 2.75) is 30.3 Å². The zero-order chi connectivity index (χ0) is 23.0. The molecule has 0 spiro atoms. The number of fused-ring (bicyclic) bond motifs is 1. The quantitative estimate of drug-likeness (QED) is 0.247. The highest BCUT2D eigenvalue weighted by Crippen LogP contribution is 2.59. The van der Waals surface area contributed by atoms with E-state index in [4.69, 9.17) is 4.74 Å². The Balaban J connectivity index is 0.00000274. The van der Waals surface area contributed by atoms with Crippen LogP contribution in [0, 0.1) is 5.92 Å². The normalized spacial score (nSPS) is 21.1. The summed E-state index contributed by atoms with van der Waals surface area (Å²) in [5, 5.41) is 9.64. The molecule has 7 nitrogen and oxygen atoms in total. The van der Waals surface area contributed by atoms with E-state index < -0.39 is 0 Å². The third-order valence-corrected chi connectivity index (χ3v) is 8.08. The van der Waals surface area contributed by atoms with Gasteiger partial charge in [0.2, 0.25) is 0 Å². The maximum atomic E-state index is 12.1. The first-order chi connectivity index (χ1) is 16.0. The predicted molar refractivity (Wildman–Crippen MR) is 136 cm³/mol. The minimum Gasteiger partial charge on any atom is -0.496 e. The number of aromatic nitrogens is 4. The summed E-state index contributed by atoms with van der Waals surface area (Å²) in [6, 6.07) is 10.1. The fraction of sp³-hybridized carbons (Fsp3) is 0.440. The average Bonchev–Trinajstić information content (AvgIpc) is 3.21. The summed E-state index contributed by atoms with van der Waals surface area (Å²) in [4.78, 5) is 18.8. The number of piperidine rings is 1. The maximum Gasteiger partial charge on any atom is 0.191 e. The molecule has 1 aliphatic carbocycles. The molecule has 3 heterocycles. The lowest BCUT2D eigenvalue weighted by molar-refractivity contribution is 0.101. The Bertz CT molecular complexity index is 1170. The number of ether oxygens (including phenoxy) is 1. The molecule has 1 saturated heterocycles. The number of ketones is 1. The first kappa shape index (κ1) is 24.7. The highest BCUT2D eigenvalue weighted by molar-refractivity contribution is 7.99. The van der Waals surface area contributed by atoms with Gasteiger partial charge in [-0.1, -0.05) is 17.8 Å². The molecular weight excluding hydrogens is 470 g/mol. The monoisotopic (exact) mass is 499 g/mol. The van der Waals surface area contributed by atoms with Gasteiger partial charge < -0.3 is 14.2 Å². The van der Waals surface area contributed by atoms with E-state index in [0.29, 0.717) is 17.2 Å². The third-order valence-electron chi connectivity index (χ3n) is 6.97. The Morgan fingerprint density at radius 1 is 1.29 bits per heavy atom. The molecule has 0 bridgehead atoms. The zero-order valence-corrected chi connectivity index (χ0v) is 21.4. The number of carbonyl (C=O) groups excluding carboxylic acids is 1. The molecule has 180 valence electrons. The SMILES string of the molecule is COc1ccc([C@@]23C[C@@H]2CN(CCCSc2nnc(-c4cccnc4)n2C)C3)cc1C(C)=O.Cl. The topological polar surface area (TPSA) is 73.1 Å². The number of halogens is 1. The van der Waals surface area contributed by atoms with E-state index in [1.54, 1.807) is 32.0 Å². The van der Waals surface area contributed by atoms with Gasteiger partial charge in [-0.2, -0.15) is 0 Å². The average molecular weight is 500 g/mol. The van der Waals surface area contributed by atoms with Crippen LogP contribution in [-0.4, -0.2) is 62.9 Å². The van der Waals surface area contributed by atoms with E-state index in [9.17, 15) is 4.79 Å². The molecule has 2 aliphatic rings. The molecule has 0 N–H and O–H groups in total. The van der Waals surface area contributed by atoms with Crippen LogP contribution in [0.3, 0.4) is 0 Å². The molecule has 0 unspecified atom stereocenters. The number of methoxy groups -OCH3 is 1. The number of benzene rings is 1. The van der Waals surface area contributed by atoms with E-state index in [0.717, 1.165) is 48.4 Å². The van der Waals surface area contributed by atoms with Crippen LogP contribution < -0.4 is 4.74 Å². The van der Waals surface area contributed by atoms with Crippen molar-refractivity contribution < 1.29 is 9.53 Å². The van der Waals surface area contributed by atoms with Crippen LogP contribution in [0.5, 0.6) is 5.75 Å². The Kier molecular flexibility index (Phi) is 7.31. The van der Waals surface area contributed by atoms with Crippen LogP contribution in [0.15, 0.2) is 47.9 Å². The molecule has 1 aliphatic heterocycles. The van der Waals surface area contributed by atoms with Crippen molar-refractivity contribution in [1.29, 1.82) is 0 Å². The van der Waals surface area contributed by atoms with Gasteiger partial charge in [-0.15, -0.1) is 22.6 Å². The van der Waals surface area contributed by atoms with Crippen LogP contribution >= 0.6 is 24.2 Å². The van der Waals surface area contributed by atoms with Crippen molar-refractivity contribution in [3.8, 4) is 17.1 Å². The predicted octanol–water partition coefficient (Wildman–Crippen LogP) is 4.27. The van der Waals surface area contributed by atoms with E-state index in [1.807, 2.05) is 36.0 Å². The number of Topliss-reactive ketones (excluding diaryl/α,β-unsaturated/α-hetero) is 1. The summed E-state index contributed by atoms with van der Waals surface area (Å²) in [6.07, 6.45) is 5.90. The van der Waals surface area contributed by atoms with Crippen LogP contribution in [0.2, 0.25) is 0 Å². The fourth-order valence-corrected chi connectivity index (χ4v) is 5.97. The summed E-state index contributed by atoms with van der Waals surface area (Å²) in [7, 11) is 3.63. The number of carbonyl (C=O) groups is 1. The number of pyridine rings is 1. The number of nitrogens with zero attached hydrogens (tertiary/aromatic N) is 5. The van der Waals surface area contributed by atoms with Crippen molar-refractivity contribution in [2.24, 2.45) is 13.0 Å². The van der Waals surface area contributed by atoms with Crippen LogP contribution in [0.1, 0.15) is 35.7 Å². The third kappa shape index (κ3) is 4.59. The van der Waals surface area contributed by atoms with Crippen molar-refractivity contribution in [2.75, 3.05) is 32.5 Å². The molecule has 2 fully saturated rings. The summed E-state index contributed by atoms with van der Waals surface area (Å²) in [5.41, 5.74) is 3.18. The summed E-state index contributed by atoms with van der Waals surface area (Å²) < 4.78 is 7.42. The molecule has 2 atom stereocenters. The molecule has 2 aromatic heterocycles. The van der Waals surface area contributed by atoms with Gasteiger partial charge in [-0.05, 0) is 62.1 Å². The second-order valence-electron chi connectivity index (χ2n) is 9.07. The van der Waals surface area contributed by atoms with Gasteiger partial charge in [0.15, 0.2) is 16.8 Å². The fourth-order valence-electron chi connectivity index (χ4n) is 5.14. The van der Waals surface area contributed by atoms with Gasteiger partial charge in [0.1, 0.15) is 5.75 Å². The maximum absolute atomic E-state index is 12.1. The molecule has 0 radical (unpaired) electrons. The van der Waals surface area contributed by atoms with Crippen molar-refractivity contribution >= 4 is 30.0 Å². The van der Waals surface area contributed by atoms with Gasteiger partial charge in [0.25, 0.3) is 0 Å². The smallest absolute Gasteiger partial charge is 0.191 e. The van der Waals surface area contributed by atoms with Crippen molar-refractivity contribution in [3.05, 3.63) is 53.9 Å². The Morgan fingerprint density at radius 2 is 2.15 bits per heavy atom. The first-order valence-corrected chi connectivity index (χ1v) is 12.3. The van der Waals surface area contributed by atoms with E-state index in [-0.39, 0.29) is 23.6 Å². The minimum atomic E-state index is 0. The lowest BCUT2D eigenvalue weighted by Crippen LogP contribution is -2.28. The highest BCUT2D eigenvalue weighted by atomic mass is 35.5. The molecule has 9 heteroatoms. The number of hydrogen-bond donors (Lipinski definition) is 0. The van der Waals surface area contributed by atoms with E-state index in [2.05, 4.69) is 32.2 Å². The second-order valence-corrected chi connectivity index (χ2v) is 10.1. The molecule has 1 aromatic carbocycles. The molecule has 0 amide bonds. The summed E-state index contributed by atoms with van der Waals surface area (Å²) in [6.45, 7) is 4.90. The van der Waals surface area contributed by atoms with Crippen molar-refractivity contribution in [3.63, 3.8) is 0 Å². The Hall–Kier alpha value is -2.42. The lowest BCUT2D eigenvalue weighted by Gasteiger charge is -2.21. The van der Waals surface area contributed by atoms with Crippen LogP contribution in [-0.2, 0) is 12.5 Å². The Labute approximate surface area is 210 Å². The Morgan fingerprint density at radius 3 is 2.88 bits per heavy atom. The number of thioether (sulfide) groups is 1. The van der Waals surface area contributed by atoms with Gasteiger partial charge in [0, 0.05) is 49.3 Å². The highest BCUT2D eigenvalue weighted by Gasteiger charge is 2.60. The van der Waals surface area contributed by atoms with Crippen LogP contribution in [0.25, 0.3) is 11.4 Å². The lowest BCUT2D eigenvalue weighted by atomic mass is 9.92. The standard InChI is InChI=1S/C25H29N5O2S.ClH/c1-17(31)21-12-19(7-8-22(21)32-3)25-13-20(25)15-30(16-25)10-5-11-33-24-28-27-23(29(24)2)18-6-4-9-26-14-18;/h4,6-9,12,14,20H,5,10-11,13,15-16H2,1-3H3;1H/t20-,25+;/m1./s1. The van der Waals surface area contributed by atoms with E-state index in [1.165, 1.54) is 12.0 Å². The molecule has 5 rings (SSSR count).